The monoisotopic (exact) mass is 372 g/mol. The van der Waals surface area contributed by atoms with Crippen LogP contribution in [0.5, 0.6) is 0 Å². The quantitative estimate of drug-likeness (QED) is 0.518. The van der Waals surface area contributed by atoms with Gasteiger partial charge >= 0.3 is 5.97 Å². The highest BCUT2D eigenvalue weighted by atomic mass is 16.5. The number of hydrogen-bond acceptors (Lipinski definition) is 6. The van der Waals surface area contributed by atoms with E-state index in [-0.39, 0.29) is 35.8 Å². The number of allylic oxidation sites excluding steroid dienone is 4. The average Bonchev–Trinajstić information content (AvgIpc) is 2.58. The van der Waals surface area contributed by atoms with E-state index in [2.05, 4.69) is 0 Å². The number of esters is 1. The molecule has 1 aliphatic heterocycles. The average molecular weight is 372 g/mol. The summed E-state index contributed by atoms with van der Waals surface area (Å²) in [4.78, 5) is 51.4. The summed E-state index contributed by atoms with van der Waals surface area (Å²) >= 11 is 0. The molecule has 1 heterocycles. The maximum absolute atomic E-state index is 13.5. The van der Waals surface area contributed by atoms with Gasteiger partial charge in [0.1, 0.15) is 6.10 Å². The van der Waals surface area contributed by atoms with Crippen molar-refractivity contribution in [3.05, 3.63) is 23.0 Å². The van der Waals surface area contributed by atoms with Crippen LogP contribution in [0, 0.1) is 28.6 Å². The summed E-state index contributed by atoms with van der Waals surface area (Å²) < 4.78 is 11.1. The summed E-state index contributed by atoms with van der Waals surface area (Å²) in [6, 6.07) is 0. The molecule has 0 bridgehead atoms. The van der Waals surface area contributed by atoms with Crippen molar-refractivity contribution in [2.75, 3.05) is 7.11 Å². The van der Waals surface area contributed by atoms with Crippen molar-refractivity contribution in [1.29, 1.82) is 0 Å². The largest absolute Gasteiger partial charge is 0.493 e. The maximum Gasteiger partial charge on any atom is 0.306 e. The normalized spacial score (nSPS) is 43.7. The molecule has 3 aliphatic carbocycles. The minimum absolute atomic E-state index is 0.146. The van der Waals surface area contributed by atoms with Crippen LogP contribution in [0.15, 0.2) is 23.0 Å². The molecule has 0 radical (unpaired) electrons. The molecule has 6 unspecified atom stereocenters. The number of methoxy groups -OCH3 is 1. The first-order valence-corrected chi connectivity index (χ1v) is 9.33. The lowest BCUT2D eigenvalue weighted by atomic mass is 9.40. The van der Waals surface area contributed by atoms with Crippen molar-refractivity contribution in [2.24, 2.45) is 28.6 Å². The van der Waals surface area contributed by atoms with Gasteiger partial charge in [-0.1, -0.05) is 19.4 Å². The number of carbonyl (C=O) groups is 4. The molecule has 27 heavy (non-hydrogen) atoms. The van der Waals surface area contributed by atoms with E-state index >= 15 is 0 Å². The Morgan fingerprint density at radius 2 is 1.78 bits per heavy atom. The highest BCUT2D eigenvalue weighted by Crippen LogP contribution is 2.66. The molecule has 0 aromatic carbocycles. The second-order valence-electron chi connectivity index (χ2n) is 8.77. The Kier molecular flexibility index (Phi) is 3.62. The van der Waals surface area contributed by atoms with E-state index in [1.54, 1.807) is 6.92 Å². The van der Waals surface area contributed by atoms with E-state index in [4.69, 9.17) is 9.47 Å². The van der Waals surface area contributed by atoms with Gasteiger partial charge in [0.05, 0.1) is 18.9 Å². The van der Waals surface area contributed by atoms with Gasteiger partial charge in [0.25, 0.3) is 0 Å². The van der Waals surface area contributed by atoms with Crippen LogP contribution in [0.1, 0.15) is 40.5 Å². The fourth-order valence-corrected chi connectivity index (χ4v) is 6.45. The third kappa shape index (κ3) is 1.96. The first-order chi connectivity index (χ1) is 12.6. The third-order valence-corrected chi connectivity index (χ3v) is 7.68. The number of carbonyl (C=O) groups excluding carboxylic acids is 4. The van der Waals surface area contributed by atoms with Crippen LogP contribution in [0.4, 0.5) is 0 Å². The van der Waals surface area contributed by atoms with Crippen LogP contribution in [0.2, 0.25) is 0 Å². The Morgan fingerprint density at radius 3 is 2.41 bits per heavy atom. The van der Waals surface area contributed by atoms with Gasteiger partial charge in [-0.05, 0) is 37.8 Å². The lowest BCUT2D eigenvalue weighted by molar-refractivity contribution is -0.211. The Bertz CT molecular complexity index is 864. The zero-order valence-electron chi connectivity index (χ0n) is 16.3. The van der Waals surface area contributed by atoms with E-state index in [9.17, 15) is 19.2 Å². The van der Waals surface area contributed by atoms with Crippen molar-refractivity contribution in [1.82, 2.24) is 0 Å². The van der Waals surface area contributed by atoms with Crippen LogP contribution in [0.25, 0.3) is 0 Å². The second kappa shape index (κ2) is 5.40. The zero-order valence-corrected chi connectivity index (χ0v) is 16.3. The van der Waals surface area contributed by atoms with E-state index in [0.717, 1.165) is 11.1 Å². The van der Waals surface area contributed by atoms with Crippen LogP contribution in [-0.4, -0.2) is 36.5 Å². The molecule has 2 fully saturated rings. The Labute approximate surface area is 158 Å². The first-order valence-electron chi connectivity index (χ1n) is 9.33. The molecule has 4 rings (SSSR count). The molecule has 1 saturated carbocycles. The number of fused-ring (bicyclic) bond motifs is 2. The van der Waals surface area contributed by atoms with Gasteiger partial charge < -0.3 is 9.47 Å². The fourth-order valence-electron chi connectivity index (χ4n) is 6.45. The van der Waals surface area contributed by atoms with Gasteiger partial charge in [0, 0.05) is 17.3 Å². The number of ether oxygens (including phenoxy) is 2. The van der Waals surface area contributed by atoms with Crippen LogP contribution in [-0.2, 0) is 28.7 Å². The summed E-state index contributed by atoms with van der Waals surface area (Å²) in [6.07, 6.45) is 1.47. The second-order valence-corrected chi connectivity index (χ2v) is 8.77. The molecule has 0 aromatic rings. The standard InChI is InChI=1S/C21H24O6/c1-9-6-13(22)19(25)21(4)11(9)7-14-20(3)12(8-15(23)27-14)10(2)17(26-5)16(24)18(20)21/h6,11-12,14,18H,7-8H2,1-5H3. The molecule has 0 N–H and O–H groups in total. The lowest BCUT2D eigenvalue weighted by Crippen LogP contribution is -2.69. The van der Waals surface area contributed by atoms with Crippen molar-refractivity contribution in [2.45, 2.75) is 46.6 Å². The Morgan fingerprint density at radius 1 is 1.11 bits per heavy atom. The number of hydrogen-bond donors (Lipinski definition) is 0. The molecule has 1 saturated heterocycles. The smallest absolute Gasteiger partial charge is 0.306 e. The predicted molar refractivity (Wildman–Crippen MR) is 94.3 cm³/mol. The fraction of sp³-hybridized carbons (Fsp3) is 0.619. The molecular weight excluding hydrogens is 348 g/mol. The minimum Gasteiger partial charge on any atom is -0.493 e. The maximum atomic E-state index is 13.5. The molecule has 6 heteroatoms. The van der Waals surface area contributed by atoms with Gasteiger partial charge in [-0.3, -0.25) is 19.2 Å². The van der Waals surface area contributed by atoms with Crippen LogP contribution < -0.4 is 0 Å². The highest BCUT2D eigenvalue weighted by Gasteiger charge is 2.71. The van der Waals surface area contributed by atoms with Crippen molar-refractivity contribution in [3.8, 4) is 0 Å². The van der Waals surface area contributed by atoms with Gasteiger partial charge in [-0.2, -0.15) is 0 Å². The van der Waals surface area contributed by atoms with Crippen molar-refractivity contribution in [3.63, 3.8) is 0 Å². The van der Waals surface area contributed by atoms with Gasteiger partial charge in [0.15, 0.2) is 5.76 Å². The lowest BCUT2D eigenvalue weighted by Gasteiger charge is -2.63. The van der Waals surface area contributed by atoms with Crippen LogP contribution in [0.3, 0.4) is 0 Å². The highest BCUT2D eigenvalue weighted by molar-refractivity contribution is 6.44. The summed E-state index contributed by atoms with van der Waals surface area (Å²) in [5.41, 5.74) is -0.409. The van der Waals surface area contributed by atoms with E-state index in [1.165, 1.54) is 13.2 Å². The predicted octanol–water partition coefficient (Wildman–Crippen LogP) is 2.17. The number of Topliss-reactive ketones (excluding diaryl/α,β-unsaturated/α-hetero) is 2. The molecule has 0 spiro atoms. The molecule has 0 aromatic heterocycles. The molecule has 6 nitrogen and oxygen atoms in total. The minimum atomic E-state index is -1.16. The topological polar surface area (TPSA) is 86.7 Å². The SMILES string of the molecule is COC1=C(C)C2CC(=O)OC3CC4C(C)=CC(=O)C(=O)C4(C)C(C1=O)C32C. The van der Waals surface area contributed by atoms with Crippen molar-refractivity contribution < 1.29 is 28.7 Å². The first kappa shape index (κ1) is 18.1. The molecule has 6 atom stereocenters. The zero-order chi connectivity index (χ0) is 19.9. The van der Waals surface area contributed by atoms with E-state index in [0.29, 0.717) is 6.42 Å². The van der Waals surface area contributed by atoms with E-state index in [1.807, 2.05) is 20.8 Å². The summed E-state index contributed by atoms with van der Waals surface area (Å²) in [5.74, 6) is -2.78. The summed E-state index contributed by atoms with van der Waals surface area (Å²) in [7, 11) is 1.43. The van der Waals surface area contributed by atoms with Gasteiger partial charge in [0.2, 0.25) is 17.3 Å². The van der Waals surface area contributed by atoms with Gasteiger partial charge in [-0.15, -0.1) is 0 Å². The van der Waals surface area contributed by atoms with Crippen molar-refractivity contribution >= 4 is 23.3 Å². The Hall–Kier alpha value is -2.24. The number of ketones is 3. The molecule has 0 amide bonds. The van der Waals surface area contributed by atoms with Crippen LogP contribution >= 0.6 is 0 Å². The summed E-state index contributed by atoms with van der Waals surface area (Å²) in [6.45, 7) is 7.29. The molecular formula is C21H24O6. The third-order valence-electron chi connectivity index (χ3n) is 7.68. The molecule has 4 aliphatic rings. The molecule has 144 valence electrons. The van der Waals surface area contributed by atoms with E-state index < -0.39 is 34.4 Å². The number of rotatable bonds is 1. The van der Waals surface area contributed by atoms with Gasteiger partial charge in [-0.25, -0.2) is 0 Å². The Balaban J connectivity index is 2.02. The summed E-state index contributed by atoms with van der Waals surface area (Å²) in [5, 5.41) is 0.